The summed E-state index contributed by atoms with van der Waals surface area (Å²) in [4.78, 5) is 0. The minimum absolute atomic E-state index is 0.326. The molecule has 0 heterocycles. The van der Waals surface area contributed by atoms with Crippen LogP contribution in [0.1, 0.15) is 11.1 Å². The first kappa shape index (κ1) is 12.5. The fourth-order valence-electron chi connectivity index (χ4n) is 1.56. The summed E-state index contributed by atoms with van der Waals surface area (Å²) in [5.41, 5.74) is 2.01. The van der Waals surface area contributed by atoms with Crippen LogP contribution < -0.4 is 4.74 Å². The molecule has 0 amide bonds. The standard InChI is InChI=1S/C16H13ClO/c17-12-6-10-15-9-4-5-11-16(15)18-13-14-7-2-1-3-8-14/h1-5,7-9,11H,12-13H2. The van der Waals surface area contributed by atoms with Gasteiger partial charge in [-0.2, -0.15) is 0 Å². The van der Waals surface area contributed by atoms with Gasteiger partial charge in [0.2, 0.25) is 0 Å². The van der Waals surface area contributed by atoms with Crippen molar-refractivity contribution in [1.29, 1.82) is 0 Å². The molecule has 0 bridgehead atoms. The maximum atomic E-state index is 5.77. The van der Waals surface area contributed by atoms with E-state index in [1.807, 2.05) is 54.6 Å². The number of ether oxygens (including phenoxy) is 1. The molecule has 1 nitrogen and oxygen atoms in total. The van der Waals surface area contributed by atoms with Crippen LogP contribution in [0.3, 0.4) is 0 Å². The Balaban J connectivity index is 2.09. The van der Waals surface area contributed by atoms with Crippen LogP contribution in [0.2, 0.25) is 0 Å². The molecule has 0 spiro atoms. The van der Waals surface area contributed by atoms with Crippen molar-refractivity contribution >= 4 is 11.6 Å². The van der Waals surface area contributed by atoms with Crippen LogP contribution in [-0.2, 0) is 6.61 Å². The summed E-state index contributed by atoms with van der Waals surface area (Å²) in [7, 11) is 0. The fourth-order valence-corrected chi connectivity index (χ4v) is 1.63. The molecule has 18 heavy (non-hydrogen) atoms. The highest BCUT2D eigenvalue weighted by molar-refractivity contribution is 6.19. The maximum Gasteiger partial charge on any atom is 0.135 e. The Morgan fingerprint density at radius 2 is 1.67 bits per heavy atom. The van der Waals surface area contributed by atoms with Crippen LogP contribution in [0, 0.1) is 11.8 Å². The largest absolute Gasteiger partial charge is 0.488 e. The first-order chi connectivity index (χ1) is 8.90. The lowest BCUT2D eigenvalue weighted by Gasteiger charge is -2.07. The molecule has 0 unspecified atom stereocenters. The zero-order valence-corrected chi connectivity index (χ0v) is 10.7. The molecule has 0 saturated carbocycles. The number of benzene rings is 2. The van der Waals surface area contributed by atoms with Gasteiger partial charge in [0.15, 0.2) is 0 Å². The lowest BCUT2D eigenvalue weighted by molar-refractivity contribution is 0.305. The molecule has 0 radical (unpaired) electrons. The van der Waals surface area contributed by atoms with E-state index in [0.717, 1.165) is 16.9 Å². The quantitative estimate of drug-likeness (QED) is 0.599. The van der Waals surface area contributed by atoms with Crippen molar-refractivity contribution in [3.05, 3.63) is 65.7 Å². The molecule has 0 aliphatic rings. The molecule has 0 N–H and O–H groups in total. The average molecular weight is 257 g/mol. The van der Waals surface area contributed by atoms with Crippen molar-refractivity contribution in [1.82, 2.24) is 0 Å². The highest BCUT2D eigenvalue weighted by Gasteiger charge is 2.00. The first-order valence-corrected chi connectivity index (χ1v) is 6.24. The second-order valence-electron chi connectivity index (χ2n) is 3.71. The van der Waals surface area contributed by atoms with E-state index in [0.29, 0.717) is 12.5 Å². The molecule has 2 aromatic carbocycles. The molecule has 0 saturated heterocycles. The lowest BCUT2D eigenvalue weighted by Crippen LogP contribution is -1.96. The Hall–Kier alpha value is -1.91. The molecule has 0 fully saturated rings. The van der Waals surface area contributed by atoms with E-state index >= 15 is 0 Å². The van der Waals surface area contributed by atoms with E-state index in [1.165, 1.54) is 0 Å². The van der Waals surface area contributed by atoms with Gasteiger partial charge in [-0.3, -0.25) is 0 Å². The molecule has 2 aromatic rings. The van der Waals surface area contributed by atoms with Gasteiger partial charge in [0.05, 0.1) is 11.4 Å². The molecular formula is C16H13ClO. The average Bonchev–Trinajstić information content (AvgIpc) is 2.45. The molecular weight excluding hydrogens is 244 g/mol. The van der Waals surface area contributed by atoms with Crippen LogP contribution in [0.15, 0.2) is 54.6 Å². The van der Waals surface area contributed by atoms with Gasteiger partial charge >= 0.3 is 0 Å². The molecule has 0 aromatic heterocycles. The fraction of sp³-hybridized carbons (Fsp3) is 0.125. The summed E-state index contributed by atoms with van der Waals surface area (Å²) >= 11 is 5.56. The van der Waals surface area contributed by atoms with Crippen molar-refractivity contribution in [3.63, 3.8) is 0 Å². The number of halogens is 1. The minimum Gasteiger partial charge on any atom is -0.488 e. The van der Waals surface area contributed by atoms with Gasteiger partial charge in [0, 0.05) is 0 Å². The van der Waals surface area contributed by atoms with E-state index in [9.17, 15) is 0 Å². The number of alkyl halides is 1. The van der Waals surface area contributed by atoms with Crippen LogP contribution >= 0.6 is 11.6 Å². The zero-order valence-electron chi connectivity index (χ0n) is 9.90. The van der Waals surface area contributed by atoms with E-state index in [-0.39, 0.29) is 0 Å². The van der Waals surface area contributed by atoms with Crippen molar-refractivity contribution in [2.45, 2.75) is 6.61 Å². The molecule has 0 atom stereocenters. The van der Waals surface area contributed by atoms with Gasteiger partial charge in [-0.25, -0.2) is 0 Å². The van der Waals surface area contributed by atoms with E-state index in [1.54, 1.807) is 0 Å². The normalized spacial score (nSPS) is 9.39. The summed E-state index contributed by atoms with van der Waals surface area (Å²) < 4.78 is 5.77. The van der Waals surface area contributed by atoms with Crippen molar-refractivity contribution < 1.29 is 4.74 Å². The number of hydrogen-bond acceptors (Lipinski definition) is 1. The van der Waals surface area contributed by atoms with Crippen molar-refractivity contribution in [3.8, 4) is 17.6 Å². The van der Waals surface area contributed by atoms with Gasteiger partial charge < -0.3 is 4.74 Å². The third-order valence-corrected chi connectivity index (χ3v) is 2.55. The third kappa shape index (κ3) is 3.55. The predicted molar refractivity (Wildman–Crippen MR) is 74.8 cm³/mol. The van der Waals surface area contributed by atoms with E-state index in [4.69, 9.17) is 16.3 Å². The second-order valence-corrected chi connectivity index (χ2v) is 3.97. The van der Waals surface area contributed by atoms with E-state index < -0.39 is 0 Å². The summed E-state index contributed by atoms with van der Waals surface area (Å²) in [6.07, 6.45) is 0. The van der Waals surface area contributed by atoms with Crippen LogP contribution in [-0.4, -0.2) is 5.88 Å². The van der Waals surface area contributed by atoms with Gasteiger partial charge in [-0.15, -0.1) is 11.6 Å². The van der Waals surface area contributed by atoms with Crippen LogP contribution in [0.4, 0.5) is 0 Å². The van der Waals surface area contributed by atoms with Gasteiger partial charge in [0.25, 0.3) is 0 Å². The highest BCUT2D eigenvalue weighted by Crippen LogP contribution is 2.18. The number of rotatable bonds is 3. The Morgan fingerprint density at radius 3 is 2.44 bits per heavy atom. The Kier molecular flexibility index (Phi) is 4.69. The van der Waals surface area contributed by atoms with Crippen molar-refractivity contribution in [2.75, 3.05) is 5.88 Å². The van der Waals surface area contributed by atoms with Crippen molar-refractivity contribution in [2.24, 2.45) is 0 Å². The van der Waals surface area contributed by atoms with Gasteiger partial charge in [-0.1, -0.05) is 54.3 Å². The molecule has 0 aliphatic heterocycles. The first-order valence-electron chi connectivity index (χ1n) is 5.71. The smallest absolute Gasteiger partial charge is 0.135 e. The predicted octanol–water partition coefficient (Wildman–Crippen LogP) is 3.86. The molecule has 2 heteroatoms. The number of hydrogen-bond donors (Lipinski definition) is 0. The van der Waals surface area contributed by atoms with Crippen LogP contribution in [0.25, 0.3) is 0 Å². The zero-order chi connectivity index (χ0) is 12.6. The molecule has 2 rings (SSSR count). The summed E-state index contributed by atoms with van der Waals surface area (Å²) in [5.74, 6) is 6.95. The van der Waals surface area contributed by atoms with Gasteiger partial charge in [0.1, 0.15) is 12.4 Å². The van der Waals surface area contributed by atoms with E-state index in [2.05, 4.69) is 11.8 Å². The highest BCUT2D eigenvalue weighted by atomic mass is 35.5. The number of para-hydroxylation sites is 1. The third-order valence-electron chi connectivity index (χ3n) is 2.41. The Morgan fingerprint density at radius 1 is 0.944 bits per heavy atom. The Labute approximate surface area is 112 Å². The van der Waals surface area contributed by atoms with Gasteiger partial charge in [-0.05, 0) is 17.7 Å². The lowest BCUT2D eigenvalue weighted by atomic mass is 10.2. The monoisotopic (exact) mass is 256 g/mol. The maximum absolute atomic E-state index is 5.77. The molecule has 0 aliphatic carbocycles. The van der Waals surface area contributed by atoms with Crippen LogP contribution in [0.5, 0.6) is 5.75 Å². The SMILES string of the molecule is ClCC#Cc1ccccc1OCc1ccccc1. The topological polar surface area (TPSA) is 9.23 Å². The molecule has 90 valence electrons. The summed E-state index contributed by atoms with van der Waals surface area (Å²) in [6, 6.07) is 17.8. The summed E-state index contributed by atoms with van der Waals surface area (Å²) in [6.45, 7) is 0.542. The second kappa shape index (κ2) is 6.74. The summed E-state index contributed by atoms with van der Waals surface area (Å²) in [5, 5.41) is 0. The Bertz CT molecular complexity index is 552. The minimum atomic E-state index is 0.326.